The fourth-order valence-corrected chi connectivity index (χ4v) is 1.33. The molecule has 1 aromatic heterocycles. The zero-order valence-corrected chi connectivity index (χ0v) is 9.21. The Bertz CT molecular complexity index is 533. The first-order valence-corrected chi connectivity index (χ1v) is 5.02. The summed E-state index contributed by atoms with van der Waals surface area (Å²) in [7, 11) is 0. The number of carboxylic acid groups (broad SMARTS) is 1. The van der Waals surface area contributed by atoms with Crippen LogP contribution >= 0.6 is 0 Å². The van der Waals surface area contributed by atoms with Gasteiger partial charge in [-0.05, 0) is 24.6 Å². The SMILES string of the molecule is Cc1cccc(OCc2ncc(C(=O)O)o2)c1. The van der Waals surface area contributed by atoms with Crippen molar-refractivity contribution in [1.82, 2.24) is 4.98 Å². The standard InChI is InChI=1S/C12H11NO4/c1-8-3-2-4-9(5-8)16-7-11-13-6-10(17-11)12(14)15/h2-6H,7H2,1H3,(H,14,15). The molecule has 0 aliphatic rings. The van der Waals surface area contributed by atoms with Crippen LogP contribution in [0.3, 0.4) is 0 Å². The molecule has 1 heterocycles. The molecule has 0 saturated heterocycles. The van der Waals surface area contributed by atoms with Gasteiger partial charge < -0.3 is 14.3 Å². The van der Waals surface area contributed by atoms with E-state index in [1.807, 2.05) is 31.2 Å². The molecule has 0 spiro atoms. The molecule has 17 heavy (non-hydrogen) atoms. The smallest absolute Gasteiger partial charge is 0.373 e. The van der Waals surface area contributed by atoms with Gasteiger partial charge >= 0.3 is 5.97 Å². The largest absolute Gasteiger partial charge is 0.484 e. The van der Waals surface area contributed by atoms with Crippen LogP contribution in [-0.2, 0) is 6.61 Å². The summed E-state index contributed by atoms with van der Waals surface area (Å²) < 4.78 is 10.4. The number of carboxylic acids is 1. The first kappa shape index (κ1) is 11.2. The van der Waals surface area contributed by atoms with E-state index in [0.29, 0.717) is 5.75 Å². The molecular weight excluding hydrogens is 222 g/mol. The highest BCUT2D eigenvalue weighted by Gasteiger charge is 2.10. The molecule has 88 valence electrons. The second-order valence-corrected chi connectivity index (χ2v) is 3.53. The van der Waals surface area contributed by atoms with Gasteiger partial charge in [0.1, 0.15) is 5.75 Å². The van der Waals surface area contributed by atoms with E-state index in [0.717, 1.165) is 11.8 Å². The second kappa shape index (κ2) is 4.69. The molecule has 0 fully saturated rings. The quantitative estimate of drug-likeness (QED) is 0.876. The van der Waals surface area contributed by atoms with E-state index in [4.69, 9.17) is 14.3 Å². The van der Waals surface area contributed by atoms with Crippen LogP contribution in [-0.4, -0.2) is 16.1 Å². The molecule has 0 radical (unpaired) electrons. The van der Waals surface area contributed by atoms with Crippen LogP contribution < -0.4 is 4.74 Å². The number of benzene rings is 1. The minimum atomic E-state index is -1.14. The minimum Gasteiger partial charge on any atom is -0.484 e. The van der Waals surface area contributed by atoms with E-state index in [1.54, 1.807) is 0 Å². The van der Waals surface area contributed by atoms with Crippen molar-refractivity contribution >= 4 is 5.97 Å². The zero-order chi connectivity index (χ0) is 12.3. The van der Waals surface area contributed by atoms with Crippen molar-refractivity contribution in [2.75, 3.05) is 0 Å². The third kappa shape index (κ3) is 2.84. The molecular formula is C12H11NO4. The highest BCUT2D eigenvalue weighted by Crippen LogP contribution is 2.14. The molecule has 2 aromatic rings. The number of oxazole rings is 1. The Hall–Kier alpha value is -2.30. The van der Waals surface area contributed by atoms with Crippen molar-refractivity contribution in [3.63, 3.8) is 0 Å². The van der Waals surface area contributed by atoms with Crippen LogP contribution in [0.5, 0.6) is 5.75 Å². The number of hydrogen-bond acceptors (Lipinski definition) is 4. The molecule has 0 unspecified atom stereocenters. The van der Waals surface area contributed by atoms with Gasteiger partial charge in [-0.2, -0.15) is 0 Å². The monoisotopic (exact) mass is 233 g/mol. The Morgan fingerprint density at radius 3 is 3.00 bits per heavy atom. The summed E-state index contributed by atoms with van der Waals surface area (Å²) in [4.78, 5) is 14.4. The van der Waals surface area contributed by atoms with Crippen LogP contribution in [0.1, 0.15) is 22.0 Å². The summed E-state index contributed by atoms with van der Waals surface area (Å²) in [5.74, 6) is -0.392. The summed E-state index contributed by atoms with van der Waals surface area (Å²) in [6.07, 6.45) is 1.16. The Labute approximate surface area is 97.7 Å². The summed E-state index contributed by atoms with van der Waals surface area (Å²) in [6, 6.07) is 7.53. The normalized spacial score (nSPS) is 10.2. The average Bonchev–Trinajstić information content (AvgIpc) is 2.75. The van der Waals surface area contributed by atoms with Crippen molar-refractivity contribution in [2.24, 2.45) is 0 Å². The molecule has 0 atom stereocenters. The van der Waals surface area contributed by atoms with Gasteiger partial charge in [0.15, 0.2) is 6.61 Å². The number of ether oxygens (including phenoxy) is 1. The highest BCUT2D eigenvalue weighted by molar-refractivity contribution is 5.83. The number of nitrogens with zero attached hydrogens (tertiary/aromatic N) is 1. The number of aryl methyl sites for hydroxylation is 1. The van der Waals surface area contributed by atoms with E-state index < -0.39 is 5.97 Å². The summed E-state index contributed by atoms with van der Waals surface area (Å²) >= 11 is 0. The summed E-state index contributed by atoms with van der Waals surface area (Å²) in [5.41, 5.74) is 1.08. The lowest BCUT2D eigenvalue weighted by molar-refractivity contribution is 0.0658. The van der Waals surface area contributed by atoms with Crippen molar-refractivity contribution in [3.05, 3.63) is 47.7 Å². The highest BCUT2D eigenvalue weighted by atomic mass is 16.5. The molecule has 0 aliphatic heterocycles. The number of carbonyl (C=O) groups is 1. The van der Waals surface area contributed by atoms with Crippen molar-refractivity contribution < 1.29 is 19.1 Å². The van der Waals surface area contributed by atoms with Crippen molar-refractivity contribution in [1.29, 1.82) is 0 Å². The van der Waals surface area contributed by atoms with E-state index in [2.05, 4.69) is 4.98 Å². The van der Waals surface area contributed by atoms with Gasteiger partial charge in [0.05, 0.1) is 6.20 Å². The minimum absolute atomic E-state index is 0.108. The lowest BCUT2D eigenvalue weighted by Gasteiger charge is -2.03. The lowest BCUT2D eigenvalue weighted by atomic mass is 10.2. The number of aromatic carboxylic acids is 1. The topological polar surface area (TPSA) is 72.6 Å². The van der Waals surface area contributed by atoms with Crippen LogP contribution in [0, 0.1) is 6.92 Å². The first-order valence-electron chi connectivity index (χ1n) is 5.02. The number of hydrogen-bond donors (Lipinski definition) is 1. The maximum atomic E-state index is 10.6. The fraction of sp³-hybridized carbons (Fsp3) is 0.167. The Morgan fingerprint density at radius 2 is 2.35 bits per heavy atom. The van der Waals surface area contributed by atoms with E-state index in [9.17, 15) is 4.79 Å². The van der Waals surface area contributed by atoms with Crippen LogP contribution in [0.2, 0.25) is 0 Å². The van der Waals surface area contributed by atoms with Gasteiger partial charge in [-0.3, -0.25) is 0 Å². The molecule has 0 bridgehead atoms. The van der Waals surface area contributed by atoms with E-state index >= 15 is 0 Å². The van der Waals surface area contributed by atoms with Crippen molar-refractivity contribution in [2.45, 2.75) is 13.5 Å². The predicted octanol–water partition coefficient (Wildman–Crippen LogP) is 2.26. The van der Waals surface area contributed by atoms with Gasteiger partial charge in [-0.15, -0.1) is 0 Å². The number of aromatic nitrogens is 1. The van der Waals surface area contributed by atoms with Gasteiger partial charge in [0.25, 0.3) is 0 Å². The molecule has 5 heteroatoms. The molecule has 0 aliphatic carbocycles. The third-order valence-corrected chi connectivity index (χ3v) is 2.12. The Balaban J connectivity index is 2.00. The predicted molar refractivity (Wildman–Crippen MR) is 59.0 cm³/mol. The van der Waals surface area contributed by atoms with Gasteiger partial charge in [-0.25, -0.2) is 9.78 Å². The molecule has 0 saturated carbocycles. The Kier molecular flexibility index (Phi) is 3.09. The molecule has 2 rings (SSSR count). The van der Waals surface area contributed by atoms with E-state index in [1.165, 1.54) is 0 Å². The fourth-order valence-electron chi connectivity index (χ4n) is 1.33. The third-order valence-electron chi connectivity index (χ3n) is 2.12. The van der Waals surface area contributed by atoms with Crippen LogP contribution in [0.25, 0.3) is 0 Å². The lowest BCUT2D eigenvalue weighted by Crippen LogP contribution is -1.96. The molecule has 1 N–H and O–H groups in total. The maximum absolute atomic E-state index is 10.6. The number of rotatable bonds is 4. The molecule has 1 aromatic carbocycles. The average molecular weight is 233 g/mol. The molecule has 0 amide bonds. The van der Waals surface area contributed by atoms with Crippen LogP contribution in [0.15, 0.2) is 34.9 Å². The van der Waals surface area contributed by atoms with E-state index in [-0.39, 0.29) is 18.3 Å². The van der Waals surface area contributed by atoms with Gasteiger partial charge in [-0.1, -0.05) is 12.1 Å². The first-order chi connectivity index (χ1) is 8.15. The maximum Gasteiger partial charge on any atom is 0.373 e. The second-order valence-electron chi connectivity index (χ2n) is 3.53. The van der Waals surface area contributed by atoms with Gasteiger partial charge in [0.2, 0.25) is 11.7 Å². The molecule has 5 nitrogen and oxygen atoms in total. The van der Waals surface area contributed by atoms with Crippen molar-refractivity contribution in [3.8, 4) is 5.75 Å². The summed E-state index contributed by atoms with van der Waals surface area (Å²) in [5, 5.41) is 8.65. The Morgan fingerprint density at radius 1 is 1.53 bits per heavy atom. The van der Waals surface area contributed by atoms with Crippen LogP contribution in [0.4, 0.5) is 0 Å². The summed E-state index contributed by atoms with van der Waals surface area (Å²) in [6.45, 7) is 2.07. The van der Waals surface area contributed by atoms with Gasteiger partial charge in [0, 0.05) is 0 Å². The zero-order valence-electron chi connectivity index (χ0n) is 9.21.